The molecule has 27 heavy (non-hydrogen) atoms. The van der Waals surface area contributed by atoms with Gasteiger partial charge in [-0.2, -0.15) is 0 Å². The summed E-state index contributed by atoms with van der Waals surface area (Å²) in [5.41, 5.74) is 1.64. The molecule has 0 atom stereocenters. The van der Waals surface area contributed by atoms with Crippen LogP contribution in [-0.2, 0) is 14.3 Å². The summed E-state index contributed by atoms with van der Waals surface area (Å²) in [5, 5.41) is 0. The van der Waals surface area contributed by atoms with Gasteiger partial charge < -0.3 is 14.5 Å². The second kappa shape index (κ2) is 8.93. The predicted octanol–water partition coefficient (Wildman–Crippen LogP) is 3.39. The molecule has 1 aromatic heterocycles. The third-order valence-corrected chi connectivity index (χ3v) is 3.85. The minimum Gasteiger partial charge on any atom is -0.461 e. The van der Waals surface area contributed by atoms with E-state index in [1.807, 2.05) is 0 Å². The van der Waals surface area contributed by atoms with E-state index in [-0.39, 0.29) is 23.4 Å². The highest BCUT2D eigenvalue weighted by molar-refractivity contribution is 6.04. The average molecular weight is 373 g/mol. The van der Waals surface area contributed by atoms with Crippen molar-refractivity contribution in [3.63, 3.8) is 0 Å². The Kier molecular flexibility index (Phi) is 6.65. The summed E-state index contributed by atoms with van der Waals surface area (Å²) < 4.78 is 23.3. The van der Waals surface area contributed by atoms with Gasteiger partial charge >= 0.3 is 11.9 Å². The first-order valence-electron chi connectivity index (χ1n) is 8.34. The molecule has 0 fully saturated rings. The van der Waals surface area contributed by atoms with Crippen LogP contribution in [0.4, 0.5) is 4.39 Å². The van der Waals surface area contributed by atoms with Crippen LogP contribution in [-0.4, -0.2) is 35.9 Å². The first kappa shape index (κ1) is 20.1. The van der Waals surface area contributed by atoms with Gasteiger partial charge in [-0.1, -0.05) is 18.2 Å². The van der Waals surface area contributed by atoms with Gasteiger partial charge in [-0.15, -0.1) is 0 Å². The molecular formula is C20H20FNO5. The van der Waals surface area contributed by atoms with E-state index in [1.165, 1.54) is 24.3 Å². The topological polar surface area (TPSA) is 85.5 Å². The van der Waals surface area contributed by atoms with E-state index >= 15 is 0 Å². The molecule has 0 saturated heterocycles. The highest BCUT2D eigenvalue weighted by Gasteiger charge is 2.23. The molecule has 0 aliphatic rings. The number of aromatic nitrogens is 1. The largest absolute Gasteiger partial charge is 0.461 e. The number of aryl methyl sites for hydroxylation is 1. The van der Waals surface area contributed by atoms with E-state index in [2.05, 4.69) is 4.98 Å². The van der Waals surface area contributed by atoms with Gasteiger partial charge in [-0.25, -0.2) is 14.0 Å². The fraction of sp³-hybridized carbons (Fsp3) is 0.250. The van der Waals surface area contributed by atoms with Crippen LogP contribution in [0.2, 0.25) is 0 Å². The second-order valence-corrected chi connectivity index (χ2v) is 5.73. The van der Waals surface area contributed by atoms with Gasteiger partial charge in [0.15, 0.2) is 6.61 Å². The van der Waals surface area contributed by atoms with E-state index in [1.54, 1.807) is 26.8 Å². The standard InChI is InChI=1S/C20H20FNO5/c1-4-26-20(25)19-12(2)18(13(3)22-19)16(23)11-27-17(24)10-9-14-7-5-6-8-15(14)21/h5-10,22H,4,11H2,1-3H3/b10-9+. The molecule has 0 radical (unpaired) electrons. The number of hydrogen-bond acceptors (Lipinski definition) is 5. The Morgan fingerprint density at radius 2 is 1.85 bits per heavy atom. The maximum Gasteiger partial charge on any atom is 0.355 e. The fourth-order valence-corrected chi connectivity index (χ4v) is 2.60. The van der Waals surface area contributed by atoms with E-state index in [0.29, 0.717) is 11.3 Å². The molecule has 0 amide bonds. The molecule has 0 aliphatic carbocycles. The minimum absolute atomic E-state index is 0.198. The number of halogens is 1. The molecule has 6 nitrogen and oxygen atoms in total. The molecule has 0 unspecified atom stereocenters. The number of H-pyrrole nitrogens is 1. The van der Waals surface area contributed by atoms with Crippen LogP contribution in [0.3, 0.4) is 0 Å². The van der Waals surface area contributed by atoms with E-state index < -0.39 is 30.1 Å². The van der Waals surface area contributed by atoms with Crippen molar-refractivity contribution in [2.24, 2.45) is 0 Å². The number of aromatic amines is 1. The van der Waals surface area contributed by atoms with Gasteiger partial charge in [0.2, 0.25) is 5.78 Å². The normalized spacial score (nSPS) is 10.8. The molecule has 0 aliphatic heterocycles. The first-order valence-corrected chi connectivity index (χ1v) is 8.34. The molecule has 0 saturated carbocycles. The third kappa shape index (κ3) is 4.91. The van der Waals surface area contributed by atoms with Crippen molar-refractivity contribution in [1.29, 1.82) is 0 Å². The van der Waals surface area contributed by atoms with Crippen LogP contribution in [0, 0.1) is 19.7 Å². The number of benzene rings is 1. The Hall–Kier alpha value is -3.22. The van der Waals surface area contributed by atoms with Gasteiger partial charge in [-0.05, 0) is 38.5 Å². The number of nitrogens with one attached hydrogen (secondary N) is 1. The van der Waals surface area contributed by atoms with Gasteiger partial charge in [0.1, 0.15) is 11.5 Å². The smallest absolute Gasteiger partial charge is 0.355 e. The number of ketones is 1. The zero-order chi connectivity index (χ0) is 20.0. The maximum absolute atomic E-state index is 13.5. The van der Waals surface area contributed by atoms with E-state index in [0.717, 1.165) is 6.08 Å². The summed E-state index contributed by atoms with van der Waals surface area (Å²) in [7, 11) is 0. The van der Waals surface area contributed by atoms with Crippen molar-refractivity contribution >= 4 is 23.8 Å². The van der Waals surface area contributed by atoms with Gasteiger partial charge in [0.25, 0.3) is 0 Å². The highest BCUT2D eigenvalue weighted by atomic mass is 19.1. The minimum atomic E-state index is -0.775. The number of rotatable bonds is 7. The molecule has 7 heteroatoms. The summed E-state index contributed by atoms with van der Waals surface area (Å²) in [5.74, 6) is -2.25. The van der Waals surface area contributed by atoms with Crippen LogP contribution in [0.1, 0.15) is 44.6 Å². The highest BCUT2D eigenvalue weighted by Crippen LogP contribution is 2.19. The Balaban J connectivity index is 2.02. The van der Waals surface area contributed by atoms with E-state index in [9.17, 15) is 18.8 Å². The van der Waals surface area contributed by atoms with Crippen molar-refractivity contribution in [3.05, 3.63) is 64.2 Å². The number of Topliss-reactive ketones (excluding diaryl/α,β-unsaturated/α-hetero) is 1. The van der Waals surface area contributed by atoms with Crippen LogP contribution in [0.15, 0.2) is 30.3 Å². The Morgan fingerprint density at radius 1 is 1.15 bits per heavy atom. The number of esters is 2. The lowest BCUT2D eigenvalue weighted by atomic mass is 10.1. The molecule has 142 valence electrons. The summed E-state index contributed by atoms with van der Waals surface area (Å²) >= 11 is 0. The SMILES string of the molecule is CCOC(=O)c1[nH]c(C)c(C(=O)COC(=O)/C=C/c2ccccc2F)c1C. The zero-order valence-electron chi connectivity index (χ0n) is 15.3. The number of ether oxygens (including phenoxy) is 2. The van der Waals surface area contributed by atoms with Crippen LogP contribution >= 0.6 is 0 Å². The number of carbonyl (C=O) groups is 3. The molecule has 2 aromatic rings. The molecule has 1 N–H and O–H groups in total. The molecule has 0 bridgehead atoms. The predicted molar refractivity (Wildman–Crippen MR) is 96.9 cm³/mol. The number of carbonyl (C=O) groups excluding carboxylic acids is 3. The van der Waals surface area contributed by atoms with Crippen LogP contribution < -0.4 is 0 Å². The van der Waals surface area contributed by atoms with Crippen molar-refractivity contribution in [1.82, 2.24) is 4.98 Å². The van der Waals surface area contributed by atoms with Crippen LogP contribution in [0.25, 0.3) is 6.08 Å². The van der Waals surface area contributed by atoms with Crippen molar-refractivity contribution in [3.8, 4) is 0 Å². The molecule has 1 aromatic carbocycles. The quantitative estimate of drug-likeness (QED) is 0.457. The number of hydrogen-bond donors (Lipinski definition) is 1. The first-order chi connectivity index (χ1) is 12.8. The molecule has 1 heterocycles. The molecule has 0 spiro atoms. The van der Waals surface area contributed by atoms with Gasteiger partial charge in [0.05, 0.1) is 6.61 Å². The van der Waals surface area contributed by atoms with Crippen LogP contribution in [0.5, 0.6) is 0 Å². The molecular weight excluding hydrogens is 353 g/mol. The lowest BCUT2D eigenvalue weighted by molar-refractivity contribution is -0.136. The lowest BCUT2D eigenvalue weighted by Crippen LogP contribution is -2.14. The van der Waals surface area contributed by atoms with Crippen molar-refractivity contribution in [2.75, 3.05) is 13.2 Å². The Bertz CT molecular complexity index is 898. The summed E-state index contributed by atoms with van der Waals surface area (Å²) in [4.78, 5) is 38.9. The van der Waals surface area contributed by atoms with Crippen molar-refractivity contribution < 1.29 is 28.2 Å². The molecule has 2 rings (SSSR count). The van der Waals surface area contributed by atoms with Gasteiger partial charge in [0, 0.05) is 22.9 Å². The fourth-order valence-electron chi connectivity index (χ4n) is 2.60. The van der Waals surface area contributed by atoms with E-state index in [4.69, 9.17) is 9.47 Å². The van der Waals surface area contributed by atoms with Crippen molar-refractivity contribution in [2.45, 2.75) is 20.8 Å². The average Bonchev–Trinajstić information content (AvgIpc) is 2.93. The summed E-state index contributed by atoms with van der Waals surface area (Å²) in [6.45, 7) is 4.66. The second-order valence-electron chi connectivity index (χ2n) is 5.73. The van der Waals surface area contributed by atoms with Gasteiger partial charge in [-0.3, -0.25) is 4.79 Å². The summed E-state index contributed by atoms with van der Waals surface area (Å²) in [6.07, 6.45) is 2.32. The Morgan fingerprint density at radius 3 is 2.52 bits per heavy atom. The maximum atomic E-state index is 13.5. The lowest BCUT2D eigenvalue weighted by Gasteiger charge is -2.04. The monoisotopic (exact) mass is 373 g/mol. The Labute approximate surface area is 156 Å². The zero-order valence-corrected chi connectivity index (χ0v) is 15.3. The summed E-state index contributed by atoms with van der Waals surface area (Å²) in [6, 6.07) is 5.95. The third-order valence-electron chi connectivity index (χ3n) is 3.85.